The van der Waals surface area contributed by atoms with Crippen molar-refractivity contribution in [3.63, 3.8) is 0 Å². The third kappa shape index (κ3) is 5.45. The average Bonchev–Trinajstić information content (AvgIpc) is 2.63. The molecule has 1 aromatic rings. The molecule has 0 aliphatic rings. The van der Waals surface area contributed by atoms with Crippen LogP contribution >= 0.6 is 0 Å². The van der Waals surface area contributed by atoms with Crippen molar-refractivity contribution >= 4 is 0 Å². The molecule has 3 nitrogen and oxygen atoms in total. The van der Waals surface area contributed by atoms with Crippen LogP contribution in [0.15, 0.2) is 12.4 Å². The number of ether oxygens (including phenoxy) is 1. The van der Waals surface area contributed by atoms with E-state index in [0.717, 1.165) is 18.8 Å². The molecule has 15 heavy (non-hydrogen) atoms. The summed E-state index contributed by atoms with van der Waals surface area (Å²) >= 11 is 0. The van der Waals surface area contributed by atoms with Crippen LogP contribution < -0.4 is 4.74 Å². The quantitative estimate of drug-likeness (QED) is 0.616. The van der Waals surface area contributed by atoms with Crippen molar-refractivity contribution < 1.29 is 4.74 Å². The fourth-order valence-corrected chi connectivity index (χ4v) is 1.55. The summed E-state index contributed by atoms with van der Waals surface area (Å²) in [6.45, 7) is 3.06. The second-order valence-corrected chi connectivity index (χ2v) is 3.97. The molecule has 0 spiro atoms. The Morgan fingerprint density at radius 2 is 1.93 bits per heavy atom. The second kappa shape index (κ2) is 7.32. The monoisotopic (exact) mass is 210 g/mol. The minimum absolute atomic E-state index is 0.817. The summed E-state index contributed by atoms with van der Waals surface area (Å²) in [7, 11) is 1.90. The highest BCUT2D eigenvalue weighted by molar-refractivity contribution is 5.10. The Morgan fingerprint density at radius 3 is 2.60 bits per heavy atom. The van der Waals surface area contributed by atoms with Gasteiger partial charge in [0.05, 0.1) is 19.0 Å². The van der Waals surface area contributed by atoms with Gasteiger partial charge in [-0.3, -0.25) is 4.68 Å². The number of aromatic nitrogens is 2. The first-order chi connectivity index (χ1) is 7.33. The fraction of sp³-hybridized carbons (Fsp3) is 0.750. The summed E-state index contributed by atoms with van der Waals surface area (Å²) in [4.78, 5) is 0. The van der Waals surface area contributed by atoms with Crippen molar-refractivity contribution in [1.29, 1.82) is 0 Å². The molecule has 3 heteroatoms. The highest BCUT2D eigenvalue weighted by Crippen LogP contribution is 2.09. The van der Waals surface area contributed by atoms with E-state index in [-0.39, 0.29) is 0 Å². The van der Waals surface area contributed by atoms with Crippen molar-refractivity contribution in [2.45, 2.75) is 45.4 Å². The molecule has 0 fully saturated rings. The number of rotatable bonds is 8. The Labute approximate surface area is 92.4 Å². The van der Waals surface area contributed by atoms with Crippen LogP contribution in [0.2, 0.25) is 0 Å². The number of hydrogen-bond acceptors (Lipinski definition) is 2. The molecule has 0 saturated carbocycles. The summed E-state index contributed by atoms with van der Waals surface area (Å²) in [5.41, 5.74) is 0. The van der Waals surface area contributed by atoms with E-state index in [4.69, 9.17) is 4.74 Å². The van der Waals surface area contributed by atoms with Crippen molar-refractivity contribution in [2.75, 3.05) is 6.61 Å². The number of aryl methyl sites for hydroxylation is 1. The fourth-order valence-electron chi connectivity index (χ4n) is 1.55. The Bertz CT molecular complexity index is 258. The molecule has 0 radical (unpaired) electrons. The molecule has 0 N–H and O–H groups in total. The summed E-state index contributed by atoms with van der Waals surface area (Å²) in [6.07, 6.45) is 11.5. The van der Waals surface area contributed by atoms with Gasteiger partial charge in [-0.05, 0) is 6.42 Å². The minimum atomic E-state index is 0.817. The van der Waals surface area contributed by atoms with Crippen LogP contribution in [-0.2, 0) is 7.05 Å². The second-order valence-electron chi connectivity index (χ2n) is 3.97. The zero-order valence-corrected chi connectivity index (χ0v) is 9.91. The van der Waals surface area contributed by atoms with E-state index in [9.17, 15) is 0 Å². The molecule has 0 aliphatic carbocycles. The third-order valence-corrected chi connectivity index (χ3v) is 2.45. The smallest absolute Gasteiger partial charge is 0.157 e. The maximum atomic E-state index is 5.55. The summed E-state index contributed by atoms with van der Waals surface area (Å²) < 4.78 is 7.31. The van der Waals surface area contributed by atoms with Crippen LogP contribution in [0, 0.1) is 0 Å². The van der Waals surface area contributed by atoms with E-state index < -0.39 is 0 Å². The van der Waals surface area contributed by atoms with Crippen molar-refractivity contribution in [2.24, 2.45) is 7.05 Å². The number of hydrogen-bond donors (Lipinski definition) is 0. The lowest BCUT2D eigenvalue weighted by atomic mass is 10.1. The Balaban J connectivity index is 1.93. The lowest BCUT2D eigenvalue weighted by Gasteiger charge is -2.02. The van der Waals surface area contributed by atoms with Gasteiger partial charge >= 0.3 is 0 Å². The van der Waals surface area contributed by atoms with Crippen LogP contribution in [0.4, 0.5) is 0 Å². The number of nitrogens with zero attached hydrogens (tertiary/aromatic N) is 2. The molecule has 0 saturated heterocycles. The first-order valence-electron chi connectivity index (χ1n) is 5.94. The van der Waals surface area contributed by atoms with E-state index in [2.05, 4.69) is 12.0 Å². The van der Waals surface area contributed by atoms with Crippen LogP contribution in [-0.4, -0.2) is 16.4 Å². The van der Waals surface area contributed by atoms with Gasteiger partial charge < -0.3 is 4.74 Å². The maximum Gasteiger partial charge on any atom is 0.157 e. The Kier molecular flexibility index (Phi) is 5.90. The molecular weight excluding hydrogens is 188 g/mol. The predicted molar refractivity (Wildman–Crippen MR) is 62.1 cm³/mol. The van der Waals surface area contributed by atoms with Gasteiger partial charge in [0.15, 0.2) is 5.75 Å². The lowest BCUT2D eigenvalue weighted by Crippen LogP contribution is -1.96. The Hall–Kier alpha value is -0.990. The summed E-state index contributed by atoms with van der Waals surface area (Å²) in [5, 5.41) is 4.05. The van der Waals surface area contributed by atoms with Gasteiger partial charge in [-0.25, -0.2) is 0 Å². The van der Waals surface area contributed by atoms with Gasteiger partial charge in [0, 0.05) is 7.05 Å². The zero-order valence-electron chi connectivity index (χ0n) is 9.91. The first kappa shape index (κ1) is 12.1. The van der Waals surface area contributed by atoms with Crippen molar-refractivity contribution in [1.82, 2.24) is 9.78 Å². The highest BCUT2D eigenvalue weighted by Gasteiger charge is 1.96. The van der Waals surface area contributed by atoms with Crippen molar-refractivity contribution in [3.8, 4) is 5.75 Å². The van der Waals surface area contributed by atoms with E-state index >= 15 is 0 Å². The minimum Gasteiger partial charge on any atom is -0.490 e. The predicted octanol–water partition coefficient (Wildman–Crippen LogP) is 3.16. The standard InChI is InChI=1S/C12H22N2O/c1-3-4-5-6-7-8-9-15-12-10-13-14(2)11-12/h10-11H,3-9H2,1-2H3. The molecule has 1 aromatic heterocycles. The van der Waals surface area contributed by atoms with Crippen LogP contribution in [0.3, 0.4) is 0 Å². The van der Waals surface area contributed by atoms with Crippen LogP contribution in [0.5, 0.6) is 5.75 Å². The van der Waals surface area contributed by atoms with Crippen molar-refractivity contribution in [3.05, 3.63) is 12.4 Å². The molecule has 0 bridgehead atoms. The zero-order chi connectivity index (χ0) is 10.9. The summed E-state index contributed by atoms with van der Waals surface area (Å²) in [5.74, 6) is 0.881. The van der Waals surface area contributed by atoms with Crippen LogP contribution in [0.25, 0.3) is 0 Å². The molecular formula is C12H22N2O. The molecule has 0 unspecified atom stereocenters. The van der Waals surface area contributed by atoms with E-state index in [1.807, 2.05) is 13.2 Å². The van der Waals surface area contributed by atoms with Gasteiger partial charge in [0.25, 0.3) is 0 Å². The normalized spacial score (nSPS) is 10.5. The topological polar surface area (TPSA) is 27.1 Å². The molecule has 0 amide bonds. The molecule has 0 aliphatic heterocycles. The van der Waals surface area contributed by atoms with E-state index in [1.165, 1.54) is 32.1 Å². The van der Waals surface area contributed by atoms with Crippen LogP contribution in [0.1, 0.15) is 45.4 Å². The van der Waals surface area contributed by atoms with Gasteiger partial charge in [-0.15, -0.1) is 0 Å². The Morgan fingerprint density at radius 1 is 1.20 bits per heavy atom. The molecule has 86 valence electrons. The SMILES string of the molecule is CCCCCCCCOc1cnn(C)c1. The average molecular weight is 210 g/mol. The van der Waals surface area contributed by atoms with Gasteiger partial charge in [-0.1, -0.05) is 39.0 Å². The molecule has 1 rings (SSSR count). The largest absolute Gasteiger partial charge is 0.490 e. The maximum absolute atomic E-state index is 5.55. The summed E-state index contributed by atoms with van der Waals surface area (Å²) in [6, 6.07) is 0. The first-order valence-corrected chi connectivity index (χ1v) is 5.94. The van der Waals surface area contributed by atoms with Gasteiger partial charge in [0.2, 0.25) is 0 Å². The molecule has 0 aromatic carbocycles. The molecule has 1 heterocycles. The van der Waals surface area contributed by atoms with Gasteiger partial charge in [0.1, 0.15) is 0 Å². The van der Waals surface area contributed by atoms with E-state index in [1.54, 1.807) is 10.9 Å². The highest BCUT2D eigenvalue weighted by atomic mass is 16.5. The third-order valence-electron chi connectivity index (χ3n) is 2.45. The van der Waals surface area contributed by atoms with E-state index in [0.29, 0.717) is 0 Å². The van der Waals surface area contributed by atoms with Gasteiger partial charge in [-0.2, -0.15) is 5.10 Å². The lowest BCUT2D eigenvalue weighted by molar-refractivity contribution is 0.304. The number of unbranched alkanes of at least 4 members (excludes halogenated alkanes) is 5. The molecule has 0 atom stereocenters.